The van der Waals surface area contributed by atoms with Crippen molar-refractivity contribution in [2.24, 2.45) is 5.92 Å². The molecule has 2 aliphatic rings. The molecule has 5 rings (SSSR count). The Balaban J connectivity index is 1.47. The molecule has 2 aromatic carbocycles. The number of halogens is 3. The average molecular weight is 386 g/mol. The van der Waals surface area contributed by atoms with Crippen LogP contribution in [-0.2, 0) is 4.74 Å². The number of ether oxygens (including phenoxy) is 1. The third kappa shape index (κ3) is 3.10. The molecule has 0 atom stereocenters. The van der Waals surface area contributed by atoms with E-state index in [0.29, 0.717) is 22.9 Å². The maximum absolute atomic E-state index is 14.4. The Kier molecular flexibility index (Phi) is 4.40. The van der Waals surface area contributed by atoms with Crippen LogP contribution in [0.2, 0.25) is 0 Å². The van der Waals surface area contributed by atoms with Crippen LogP contribution in [0.4, 0.5) is 13.2 Å². The van der Waals surface area contributed by atoms with Gasteiger partial charge in [-0.1, -0.05) is 0 Å². The molecule has 1 saturated carbocycles. The standard InChI is InChI=1S/C22H21F3N2O/c23-15-3-1-13(2-4-15)21-20(18-7-16(24)8-19(25)22(18)27-21)14-5-12(6-14)9-26-17-10-28-11-17/h1-4,7-8,12,14,17,26-27H,5-6,9-11H2. The van der Waals surface area contributed by atoms with Crippen molar-refractivity contribution < 1.29 is 17.9 Å². The minimum Gasteiger partial charge on any atom is -0.378 e. The molecule has 3 aromatic rings. The Hall–Kier alpha value is -2.31. The first-order chi connectivity index (χ1) is 13.6. The molecule has 0 bridgehead atoms. The first kappa shape index (κ1) is 17.8. The fraction of sp³-hybridized carbons (Fsp3) is 0.364. The summed E-state index contributed by atoms with van der Waals surface area (Å²) in [6.07, 6.45) is 1.92. The third-order valence-corrected chi connectivity index (χ3v) is 5.97. The van der Waals surface area contributed by atoms with E-state index in [0.717, 1.165) is 55.5 Å². The van der Waals surface area contributed by atoms with Crippen LogP contribution in [0.5, 0.6) is 0 Å². The molecule has 2 N–H and O–H groups in total. The summed E-state index contributed by atoms with van der Waals surface area (Å²) in [5.74, 6) is -0.756. The Morgan fingerprint density at radius 2 is 1.75 bits per heavy atom. The molecule has 1 aliphatic carbocycles. The number of hydrogen-bond acceptors (Lipinski definition) is 2. The number of aromatic nitrogens is 1. The van der Waals surface area contributed by atoms with Gasteiger partial charge in [0.15, 0.2) is 0 Å². The first-order valence-corrected chi connectivity index (χ1v) is 9.66. The smallest absolute Gasteiger partial charge is 0.150 e. The molecule has 28 heavy (non-hydrogen) atoms. The summed E-state index contributed by atoms with van der Waals surface area (Å²) in [5, 5.41) is 4.08. The van der Waals surface area contributed by atoms with Crippen LogP contribution >= 0.6 is 0 Å². The van der Waals surface area contributed by atoms with Crippen LogP contribution in [0.3, 0.4) is 0 Å². The van der Waals surface area contributed by atoms with E-state index in [1.807, 2.05) is 0 Å². The highest BCUT2D eigenvalue weighted by atomic mass is 19.1. The van der Waals surface area contributed by atoms with Crippen LogP contribution in [0, 0.1) is 23.4 Å². The number of fused-ring (bicyclic) bond motifs is 1. The van der Waals surface area contributed by atoms with Gasteiger partial charge >= 0.3 is 0 Å². The molecule has 2 fully saturated rings. The lowest BCUT2D eigenvalue weighted by atomic mass is 9.70. The maximum atomic E-state index is 14.4. The van der Waals surface area contributed by atoms with Gasteiger partial charge in [0, 0.05) is 11.5 Å². The second-order valence-corrected chi connectivity index (χ2v) is 7.91. The van der Waals surface area contributed by atoms with Crippen molar-refractivity contribution in [2.75, 3.05) is 19.8 Å². The summed E-state index contributed by atoms with van der Waals surface area (Å²) in [6, 6.07) is 8.86. The van der Waals surface area contributed by atoms with Crippen LogP contribution in [0.1, 0.15) is 24.3 Å². The van der Waals surface area contributed by atoms with E-state index in [1.165, 1.54) is 18.2 Å². The lowest BCUT2D eigenvalue weighted by Gasteiger charge is -2.38. The van der Waals surface area contributed by atoms with Gasteiger partial charge in [-0.15, -0.1) is 0 Å². The third-order valence-electron chi connectivity index (χ3n) is 5.97. The van der Waals surface area contributed by atoms with Crippen LogP contribution in [0.15, 0.2) is 36.4 Å². The number of aromatic amines is 1. The van der Waals surface area contributed by atoms with Gasteiger partial charge in [-0.05, 0) is 72.7 Å². The van der Waals surface area contributed by atoms with Gasteiger partial charge in [0.1, 0.15) is 17.5 Å². The predicted octanol–water partition coefficient (Wildman–Crippen LogP) is 4.73. The van der Waals surface area contributed by atoms with E-state index in [9.17, 15) is 13.2 Å². The fourth-order valence-corrected chi connectivity index (χ4v) is 4.33. The Labute approximate surface area is 160 Å². The van der Waals surface area contributed by atoms with E-state index in [1.54, 1.807) is 12.1 Å². The summed E-state index contributed by atoms with van der Waals surface area (Å²) in [7, 11) is 0. The van der Waals surface area contributed by atoms with Gasteiger partial charge in [-0.2, -0.15) is 0 Å². The molecule has 0 spiro atoms. The van der Waals surface area contributed by atoms with Crippen molar-refractivity contribution >= 4 is 10.9 Å². The van der Waals surface area contributed by atoms with Gasteiger partial charge in [0.2, 0.25) is 0 Å². The van der Waals surface area contributed by atoms with Crippen molar-refractivity contribution in [3.05, 3.63) is 59.4 Å². The highest BCUT2D eigenvalue weighted by Crippen LogP contribution is 2.48. The quantitative estimate of drug-likeness (QED) is 0.665. The molecule has 0 amide bonds. The van der Waals surface area contributed by atoms with Crippen molar-refractivity contribution in [2.45, 2.75) is 24.8 Å². The monoisotopic (exact) mass is 386 g/mol. The summed E-state index contributed by atoms with van der Waals surface area (Å²) < 4.78 is 46.9. The maximum Gasteiger partial charge on any atom is 0.150 e. The van der Waals surface area contributed by atoms with Crippen molar-refractivity contribution in [3.8, 4) is 11.3 Å². The van der Waals surface area contributed by atoms with Crippen LogP contribution in [0.25, 0.3) is 22.2 Å². The van der Waals surface area contributed by atoms with Gasteiger partial charge in [0.25, 0.3) is 0 Å². The van der Waals surface area contributed by atoms with Gasteiger partial charge in [0.05, 0.1) is 30.5 Å². The molecule has 0 radical (unpaired) electrons. The summed E-state index contributed by atoms with van der Waals surface area (Å²) in [5.41, 5.74) is 2.77. The van der Waals surface area contributed by atoms with Crippen molar-refractivity contribution in [1.82, 2.24) is 10.3 Å². The molecule has 1 saturated heterocycles. The first-order valence-electron chi connectivity index (χ1n) is 9.66. The normalized spacial score (nSPS) is 22.2. The second kappa shape index (κ2) is 6.94. The van der Waals surface area contributed by atoms with Gasteiger partial charge in [-0.25, -0.2) is 13.2 Å². The summed E-state index contributed by atoms with van der Waals surface area (Å²) in [4.78, 5) is 3.13. The lowest BCUT2D eigenvalue weighted by molar-refractivity contribution is -0.00829. The number of H-pyrrole nitrogens is 1. The zero-order valence-corrected chi connectivity index (χ0v) is 15.3. The molecule has 3 nitrogen and oxygen atoms in total. The topological polar surface area (TPSA) is 37.0 Å². The van der Waals surface area contributed by atoms with E-state index < -0.39 is 11.6 Å². The van der Waals surface area contributed by atoms with Crippen molar-refractivity contribution in [3.63, 3.8) is 0 Å². The Bertz CT molecular complexity index is 1000. The van der Waals surface area contributed by atoms with E-state index in [-0.39, 0.29) is 11.7 Å². The lowest BCUT2D eigenvalue weighted by Crippen LogP contribution is -2.48. The second-order valence-electron chi connectivity index (χ2n) is 7.91. The highest BCUT2D eigenvalue weighted by Gasteiger charge is 2.35. The number of hydrogen-bond donors (Lipinski definition) is 2. The molecular weight excluding hydrogens is 365 g/mol. The Morgan fingerprint density at radius 3 is 2.43 bits per heavy atom. The number of rotatable bonds is 5. The van der Waals surface area contributed by atoms with E-state index in [4.69, 9.17) is 4.74 Å². The SMILES string of the molecule is Fc1ccc(-c2[nH]c3c(F)cc(F)cc3c2C2CC(CNC3COC3)C2)cc1. The average Bonchev–Trinajstić information content (AvgIpc) is 2.95. The Morgan fingerprint density at radius 1 is 1.00 bits per heavy atom. The highest BCUT2D eigenvalue weighted by molar-refractivity contribution is 5.92. The zero-order valence-electron chi connectivity index (χ0n) is 15.3. The molecule has 1 aliphatic heterocycles. The number of nitrogens with one attached hydrogen (secondary N) is 2. The molecule has 0 unspecified atom stereocenters. The van der Waals surface area contributed by atoms with Crippen LogP contribution < -0.4 is 5.32 Å². The van der Waals surface area contributed by atoms with Crippen molar-refractivity contribution in [1.29, 1.82) is 0 Å². The largest absolute Gasteiger partial charge is 0.378 e. The van der Waals surface area contributed by atoms with Gasteiger partial charge < -0.3 is 15.0 Å². The minimum atomic E-state index is -0.605. The van der Waals surface area contributed by atoms with Crippen LogP contribution in [-0.4, -0.2) is 30.8 Å². The molecule has 1 aromatic heterocycles. The molecule has 6 heteroatoms. The fourth-order valence-electron chi connectivity index (χ4n) is 4.33. The zero-order chi connectivity index (χ0) is 19.3. The number of benzene rings is 2. The molecule has 146 valence electrons. The van der Waals surface area contributed by atoms with E-state index >= 15 is 0 Å². The molecule has 2 heterocycles. The molecular formula is C22H21F3N2O. The van der Waals surface area contributed by atoms with Gasteiger partial charge in [-0.3, -0.25) is 0 Å². The summed E-state index contributed by atoms with van der Waals surface area (Å²) >= 11 is 0. The minimum absolute atomic E-state index is 0.222. The summed E-state index contributed by atoms with van der Waals surface area (Å²) in [6.45, 7) is 2.47. The van der Waals surface area contributed by atoms with E-state index in [2.05, 4.69) is 10.3 Å². The predicted molar refractivity (Wildman–Crippen MR) is 102 cm³/mol.